The minimum atomic E-state index is -4.92. The van der Waals surface area contributed by atoms with E-state index in [0.29, 0.717) is 11.5 Å². The van der Waals surface area contributed by atoms with Crippen LogP contribution >= 0.6 is 11.8 Å². The van der Waals surface area contributed by atoms with E-state index in [1.54, 1.807) is 12.1 Å². The first-order valence-corrected chi connectivity index (χ1v) is 11.6. The maximum absolute atomic E-state index is 11.9. The molecular formula is C15H19KN2O6S3. The van der Waals surface area contributed by atoms with Crippen LogP contribution in [0, 0.1) is 0 Å². The second-order valence-electron chi connectivity index (χ2n) is 5.43. The molecule has 0 saturated heterocycles. The number of thioether (sulfide) groups is 1. The molecule has 27 heavy (non-hydrogen) atoms. The van der Waals surface area contributed by atoms with Gasteiger partial charge in [-0.15, -0.1) is 11.8 Å². The van der Waals surface area contributed by atoms with Crippen molar-refractivity contribution in [3.8, 4) is 0 Å². The summed E-state index contributed by atoms with van der Waals surface area (Å²) in [5, 5.41) is 8.01. The molecule has 0 amide bonds. The molecule has 0 saturated carbocycles. The number of hydrogen-bond donors (Lipinski definition) is 2. The van der Waals surface area contributed by atoms with Crippen molar-refractivity contribution in [1.82, 2.24) is 0 Å². The molecule has 1 aromatic heterocycles. The summed E-state index contributed by atoms with van der Waals surface area (Å²) < 4.78 is 63.7. The van der Waals surface area contributed by atoms with Gasteiger partial charge in [0.05, 0.1) is 28.3 Å². The van der Waals surface area contributed by atoms with Crippen LogP contribution in [0.3, 0.4) is 0 Å². The molecule has 0 fully saturated rings. The van der Waals surface area contributed by atoms with E-state index in [4.69, 9.17) is 9.56 Å². The van der Waals surface area contributed by atoms with Gasteiger partial charge in [-0.25, -0.2) is 22.0 Å². The van der Waals surface area contributed by atoms with E-state index in [9.17, 15) is 21.4 Å². The van der Waals surface area contributed by atoms with Gasteiger partial charge in [0.25, 0.3) is 0 Å². The maximum atomic E-state index is 11.9. The van der Waals surface area contributed by atoms with Gasteiger partial charge >= 0.3 is 51.4 Å². The Morgan fingerprint density at radius 3 is 2.44 bits per heavy atom. The number of sulfonamides is 1. The molecule has 0 aliphatic rings. The normalized spacial score (nSPS) is 11.8. The van der Waals surface area contributed by atoms with Crippen LogP contribution in [0.25, 0.3) is 0 Å². The van der Waals surface area contributed by atoms with Crippen LogP contribution in [-0.2, 0) is 26.7 Å². The molecule has 0 bridgehead atoms. The first kappa shape index (κ1) is 25.1. The second-order valence-corrected chi connectivity index (χ2v) is 9.44. The van der Waals surface area contributed by atoms with E-state index in [-0.39, 0.29) is 73.4 Å². The number of unbranched alkanes of at least 4 members (excludes halogenated alkanes) is 1. The molecule has 0 atom stereocenters. The molecule has 2 aromatic rings. The van der Waals surface area contributed by atoms with E-state index >= 15 is 0 Å². The molecule has 0 spiro atoms. The smallest absolute Gasteiger partial charge is 0.744 e. The molecule has 12 heteroatoms. The van der Waals surface area contributed by atoms with Crippen LogP contribution in [-0.4, -0.2) is 27.1 Å². The summed E-state index contributed by atoms with van der Waals surface area (Å²) >= 11 is 1.24. The molecule has 1 aromatic carbocycles. The molecular weight excluding hydrogens is 439 g/mol. The van der Waals surface area contributed by atoms with E-state index in [1.165, 1.54) is 24.1 Å². The van der Waals surface area contributed by atoms with Gasteiger partial charge in [-0.2, -0.15) is 0 Å². The van der Waals surface area contributed by atoms with Gasteiger partial charge in [0, 0.05) is 4.90 Å². The average Bonchev–Trinajstić information content (AvgIpc) is 3.04. The molecule has 1 heterocycles. The number of primary sulfonamides is 1. The van der Waals surface area contributed by atoms with E-state index in [1.807, 2.05) is 6.92 Å². The van der Waals surface area contributed by atoms with Gasteiger partial charge in [-0.05, 0) is 36.4 Å². The summed E-state index contributed by atoms with van der Waals surface area (Å²) in [4.78, 5) is -0.764. The summed E-state index contributed by atoms with van der Waals surface area (Å²) in [5.74, 6) is 1.15. The van der Waals surface area contributed by atoms with Crippen LogP contribution in [0.2, 0.25) is 0 Å². The van der Waals surface area contributed by atoms with Crippen LogP contribution in [0.4, 0.5) is 5.69 Å². The second kappa shape index (κ2) is 10.8. The predicted molar refractivity (Wildman–Crippen MR) is 97.4 cm³/mol. The minimum absolute atomic E-state index is 0. The Bertz CT molecular complexity index is 960. The number of nitrogens with two attached hydrogens (primary N) is 1. The number of nitrogens with one attached hydrogen (secondary N) is 1. The van der Waals surface area contributed by atoms with Crippen LogP contribution < -0.4 is 61.8 Å². The van der Waals surface area contributed by atoms with Crippen molar-refractivity contribution < 1.29 is 77.2 Å². The molecule has 0 aliphatic heterocycles. The Kier molecular flexibility index (Phi) is 10.0. The zero-order valence-corrected chi connectivity index (χ0v) is 20.5. The Balaban J connectivity index is 0.00000364. The average molecular weight is 459 g/mol. The molecule has 0 aliphatic carbocycles. The fraction of sp³-hybridized carbons (Fsp3) is 0.333. The SMILES string of the molecule is CCCCSc1cc(NCc2ccco2)c(S(=O)(=O)[O-])cc1S(N)(=O)=O.[K+]. The Morgan fingerprint density at radius 1 is 1.22 bits per heavy atom. The number of rotatable bonds is 9. The van der Waals surface area contributed by atoms with Crippen LogP contribution in [0.1, 0.15) is 25.5 Å². The first-order chi connectivity index (χ1) is 12.1. The summed E-state index contributed by atoms with van der Waals surface area (Å²) in [5.41, 5.74) is 0.00259. The standard InChI is InChI=1S/C15H20N2O6S3.K/c1-2-3-7-24-13-8-12(17-10-11-5-4-6-23-11)14(26(20,21)22)9-15(13)25(16,18)19;/h4-6,8-9,17H,2-3,7,10H2,1H3,(H2,16,18,19)(H,20,21,22);/q;+1/p-1. The third-order valence-electron chi connectivity index (χ3n) is 3.41. The summed E-state index contributed by atoms with van der Waals surface area (Å²) in [6.45, 7) is 2.12. The molecule has 0 radical (unpaired) electrons. The largest absolute Gasteiger partial charge is 1.00 e. The Labute approximate surface area is 205 Å². The summed E-state index contributed by atoms with van der Waals surface area (Å²) in [6, 6.07) is 5.48. The predicted octanol–water partition coefficient (Wildman–Crippen LogP) is -0.661. The van der Waals surface area contributed by atoms with Crippen molar-refractivity contribution in [3.05, 3.63) is 36.3 Å². The van der Waals surface area contributed by atoms with Gasteiger partial charge in [-0.3, -0.25) is 0 Å². The van der Waals surface area contributed by atoms with Gasteiger partial charge in [0.2, 0.25) is 10.0 Å². The Morgan fingerprint density at radius 2 is 1.93 bits per heavy atom. The minimum Gasteiger partial charge on any atom is -0.744 e. The monoisotopic (exact) mass is 458 g/mol. The summed E-state index contributed by atoms with van der Waals surface area (Å²) in [6.07, 6.45) is 3.21. The van der Waals surface area contributed by atoms with Crippen LogP contribution in [0.15, 0.2) is 49.6 Å². The van der Waals surface area contributed by atoms with Crippen molar-refractivity contribution in [2.45, 2.75) is 41.0 Å². The van der Waals surface area contributed by atoms with Gasteiger partial charge < -0.3 is 14.3 Å². The van der Waals surface area contributed by atoms with Gasteiger partial charge in [0.1, 0.15) is 15.9 Å². The topological polar surface area (TPSA) is 143 Å². The quantitative estimate of drug-likeness (QED) is 0.218. The van der Waals surface area contributed by atoms with Gasteiger partial charge in [-0.1, -0.05) is 13.3 Å². The first-order valence-electron chi connectivity index (χ1n) is 7.68. The molecule has 3 N–H and O–H groups in total. The fourth-order valence-electron chi connectivity index (χ4n) is 2.14. The zero-order valence-electron chi connectivity index (χ0n) is 15.0. The van der Waals surface area contributed by atoms with Crippen molar-refractivity contribution >= 4 is 37.6 Å². The third-order valence-corrected chi connectivity index (χ3v) is 6.51. The fourth-order valence-corrected chi connectivity index (χ4v) is 5.08. The zero-order chi connectivity index (χ0) is 19.4. The van der Waals surface area contributed by atoms with Crippen molar-refractivity contribution in [3.63, 3.8) is 0 Å². The van der Waals surface area contributed by atoms with Gasteiger partial charge in [0.15, 0.2) is 0 Å². The van der Waals surface area contributed by atoms with E-state index in [2.05, 4.69) is 5.32 Å². The molecule has 144 valence electrons. The summed E-state index contributed by atoms with van der Waals surface area (Å²) in [7, 11) is -9.12. The number of anilines is 1. The molecule has 0 unspecified atom stereocenters. The maximum Gasteiger partial charge on any atom is 1.00 e. The number of furan rings is 1. The molecule has 2 rings (SSSR count). The van der Waals surface area contributed by atoms with Crippen molar-refractivity contribution in [2.24, 2.45) is 5.14 Å². The van der Waals surface area contributed by atoms with Crippen molar-refractivity contribution in [2.75, 3.05) is 11.1 Å². The van der Waals surface area contributed by atoms with E-state index in [0.717, 1.165) is 18.9 Å². The van der Waals surface area contributed by atoms with Crippen LogP contribution in [0.5, 0.6) is 0 Å². The molecule has 8 nitrogen and oxygen atoms in total. The van der Waals surface area contributed by atoms with E-state index < -0.39 is 25.0 Å². The number of hydrogen-bond acceptors (Lipinski definition) is 8. The third kappa shape index (κ3) is 7.46. The van der Waals surface area contributed by atoms with Crippen molar-refractivity contribution in [1.29, 1.82) is 0 Å². The Hall–Kier alpha value is 0.106. The number of benzene rings is 1.